The van der Waals surface area contributed by atoms with Crippen molar-refractivity contribution in [3.63, 3.8) is 0 Å². The maximum atomic E-state index is 13.3. The minimum Gasteiger partial charge on any atom is -0.304 e. The van der Waals surface area contributed by atoms with Crippen molar-refractivity contribution >= 4 is 17.0 Å². The Labute approximate surface area is 195 Å². The van der Waals surface area contributed by atoms with E-state index in [0.29, 0.717) is 5.92 Å². The molecule has 0 aromatic carbocycles. The Kier molecular flexibility index (Phi) is 5.85. The van der Waals surface area contributed by atoms with Crippen molar-refractivity contribution in [3.05, 3.63) is 83.3 Å². The molecule has 5 rings (SSSR count). The fourth-order valence-electron chi connectivity index (χ4n) is 4.93. The molecule has 33 heavy (non-hydrogen) atoms. The molecule has 2 aromatic heterocycles. The van der Waals surface area contributed by atoms with Crippen LogP contribution in [-0.4, -0.2) is 49.9 Å². The zero-order valence-corrected chi connectivity index (χ0v) is 19.7. The van der Waals surface area contributed by atoms with E-state index in [4.69, 9.17) is 5.10 Å². The van der Waals surface area contributed by atoms with Crippen molar-refractivity contribution in [2.24, 2.45) is 5.92 Å². The maximum absolute atomic E-state index is 13.3. The molecular formula is C27H31N5O. The van der Waals surface area contributed by atoms with Crippen LogP contribution in [0.3, 0.4) is 0 Å². The Bertz CT molecular complexity index is 1230. The normalized spacial score (nSPS) is 23.9. The average Bonchev–Trinajstić information content (AvgIpc) is 3.25. The number of piperidine rings is 1. The van der Waals surface area contributed by atoms with Gasteiger partial charge >= 0.3 is 0 Å². The maximum Gasteiger partial charge on any atom is 0.255 e. The number of hydrogen-bond donors (Lipinski definition) is 0. The van der Waals surface area contributed by atoms with Crippen LogP contribution in [0.4, 0.5) is 0 Å². The van der Waals surface area contributed by atoms with E-state index in [1.807, 2.05) is 48.1 Å². The second-order valence-electron chi connectivity index (χ2n) is 8.97. The number of allylic oxidation sites excluding steroid dienone is 7. The van der Waals surface area contributed by atoms with Gasteiger partial charge in [-0.1, -0.05) is 32.1 Å². The van der Waals surface area contributed by atoms with E-state index in [1.165, 1.54) is 5.57 Å². The summed E-state index contributed by atoms with van der Waals surface area (Å²) in [6.07, 6.45) is 19.0. The number of likely N-dealkylation sites (tertiary alicyclic amines) is 1. The van der Waals surface area contributed by atoms with Crippen LogP contribution < -0.4 is 0 Å². The van der Waals surface area contributed by atoms with E-state index in [-0.39, 0.29) is 5.91 Å². The molecule has 3 aliphatic heterocycles. The number of nitrogens with zero attached hydrogens (tertiary/aromatic N) is 5. The molecule has 0 N–H and O–H groups in total. The lowest BCUT2D eigenvalue weighted by atomic mass is 9.88. The van der Waals surface area contributed by atoms with Gasteiger partial charge in [0.1, 0.15) is 0 Å². The zero-order chi connectivity index (χ0) is 22.9. The van der Waals surface area contributed by atoms with Crippen LogP contribution in [0.5, 0.6) is 0 Å². The molecule has 1 fully saturated rings. The molecule has 0 aliphatic carbocycles. The highest BCUT2D eigenvalue weighted by molar-refractivity contribution is 5.99. The molecule has 1 amide bonds. The van der Waals surface area contributed by atoms with Gasteiger partial charge in [-0.25, -0.2) is 4.52 Å². The van der Waals surface area contributed by atoms with E-state index in [1.54, 1.807) is 11.0 Å². The molecule has 5 heterocycles. The molecule has 6 heteroatoms. The minimum absolute atomic E-state index is 0.0458. The Morgan fingerprint density at radius 1 is 1.12 bits per heavy atom. The molecule has 1 saturated heterocycles. The second kappa shape index (κ2) is 8.94. The first-order valence-corrected chi connectivity index (χ1v) is 12.0. The largest absolute Gasteiger partial charge is 0.304 e. The first kappa shape index (κ1) is 21.6. The number of carbonyl (C=O) groups is 1. The Balaban J connectivity index is 1.45. The van der Waals surface area contributed by atoms with Crippen LogP contribution in [-0.2, 0) is 11.2 Å². The quantitative estimate of drug-likeness (QED) is 0.703. The summed E-state index contributed by atoms with van der Waals surface area (Å²) in [7, 11) is 0. The first-order valence-electron chi connectivity index (χ1n) is 12.0. The summed E-state index contributed by atoms with van der Waals surface area (Å²) in [6, 6.07) is 2.03. The lowest BCUT2D eigenvalue weighted by molar-refractivity contribution is -0.122. The van der Waals surface area contributed by atoms with E-state index in [2.05, 4.69) is 35.9 Å². The van der Waals surface area contributed by atoms with Crippen LogP contribution >= 0.6 is 0 Å². The molecule has 0 saturated carbocycles. The number of carbonyl (C=O) groups excluding carboxylic acids is 1. The van der Waals surface area contributed by atoms with E-state index in [9.17, 15) is 4.79 Å². The molecule has 0 bridgehead atoms. The van der Waals surface area contributed by atoms with E-state index >= 15 is 0 Å². The van der Waals surface area contributed by atoms with Crippen molar-refractivity contribution in [2.45, 2.75) is 40.0 Å². The summed E-state index contributed by atoms with van der Waals surface area (Å²) >= 11 is 0. The summed E-state index contributed by atoms with van der Waals surface area (Å²) in [5, 5.41) is 4.75. The summed E-state index contributed by atoms with van der Waals surface area (Å²) in [5.41, 5.74) is 6.66. The number of aromatic nitrogens is 3. The molecular weight excluding hydrogens is 410 g/mol. The second-order valence-corrected chi connectivity index (χ2v) is 8.97. The van der Waals surface area contributed by atoms with Crippen LogP contribution in [0.15, 0.2) is 66.2 Å². The van der Waals surface area contributed by atoms with Gasteiger partial charge in [-0.15, -0.1) is 0 Å². The van der Waals surface area contributed by atoms with E-state index in [0.717, 1.165) is 72.8 Å². The number of amides is 1. The molecule has 6 nitrogen and oxygen atoms in total. The van der Waals surface area contributed by atoms with Crippen LogP contribution in [0.25, 0.3) is 11.1 Å². The third-order valence-corrected chi connectivity index (χ3v) is 6.85. The summed E-state index contributed by atoms with van der Waals surface area (Å²) in [4.78, 5) is 22.3. The standard InChI is InChI=1S/C27H31N5O/c1-4-24-26-16-25(29-32(26)17-19(3)28-24)21-7-6-8-23-10-9-22(18-31(23)27(33)15-21)20-11-13-30(5-2)14-12-20/h6-10,15-18,20H,4-5,11-14H2,1-3H3/b7-6+,21-15+,23-8+. The van der Waals surface area contributed by atoms with Crippen molar-refractivity contribution in [3.8, 4) is 0 Å². The zero-order valence-electron chi connectivity index (χ0n) is 19.7. The smallest absolute Gasteiger partial charge is 0.255 e. The van der Waals surface area contributed by atoms with Gasteiger partial charge in [0.2, 0.25) is 0 Å². The Morgan fingerprint density at radius 2 is 1.94 bits per heavy atom. The molecule has 0 radical (unpaired) electrons. The van der Waals surface area contributed by atoms with Gasteiger partial charge in [0.15, 0.2) is 0 Å². The highest BCUT2D eigenvalue weighted by atomic mass is 16.2. The lowest BCUT2D eigenvalue weighted by Gasteiger charge is -2.33. The highest BCUT2D eigenvalue weighted by Crippen LogP contribution is 2.31. The topological polar surface area (TPSA) is 53.7 Å². The van der Waals surface area contributed by atoms with Gasteiger partial charge in [-0.2, -0.15) is 5.10 Å². The fraction of sp³-hybridized carbons (Fsp3) is 0.370. The number of fused-ring (bicyclic) bond motifs is 2. The van der Waals surface area contributed by atoms with Crippen molar-refractivity contribution in [2.75, 3.05) is 19.6 Å². The molecule has 0 unspecified atom stereocenters. The minimum atomic E-state index is -0.0458. The molecule has 0 spiro atoms. The molecule has 0 atom stereocenters. The lowest BCUT2D eigenvalue weighted by Crippen LogP contribution is -2.35. The third-order valence-electron chi connectivity index (χ3n) is 6.85. The van der Waals surface area contributed by atoms with Crippen LogP contribution in [0.1, 0.15) is 43.8 Å². The van der Waals surface area contributed by atoms with Gasteiger partial charge in [0, 0.05) is 23.5 Å². The highest BCUT2D eigenvalue weighted by Gasteiger charge is 2.25. The van der Waals surface area contributed by atoms with Crippen molar-refractivity contribution in [1.82, 2.24) is 24.4 Å². The monoisotopic (exact) mass is 441 g/mol. The van der Waals surface area contributed by atoms with Gasteiger partial charge in [-0.05, 0) is 75.5 Å². The van der Waals surface area contributed by atoms with Crippen LogP contribution in [0, 0.1) is 12.8 Å². The summed E-state index contributed by atoms with van der Waals surface area (Å²) in [5.74, 6) is 0.458. The van der Waals surface area contributed by atoms with E-state index < -0.39 is 0 Å². The Morgan fingerprint density at radius 3 is 2.70 bits per heavy atom. The SMILES string of the molecule is CCc1nc(C)cn2nc(C3=C\C(=O)N4C=C(C5CCN(CC)CC5)C=C\C4=C/C=C/3)cc12. The van der Waals surface area contributed by atoms with Gasteiger partial charge in [0.05, 0.1) is 28.8 Å². The summed E-state index contributed by atoms with van der Waals surface area (Å²) < 4.78 is 1.87. The first-order chi connectivity index (χ1) is 16.1. The predicted molar refractivity (Wildman–Crippen MR) is 131 cm³/mol. The third kappa shape index (κ3) is 4.23. The van der Waals surface area contributed by atoms with Crippen molar-refractivity contribution < 1.29 is 4.79 Å². The number of aryl methyl sites for hydroxylation is 2. The molecule has 3 aliphatic rings. The number of rotatable bonds is 4. The summed E-state index contributed by atoms with van der Waals surface area (Å²) in [6.45, 7) is 9.65. The van der Waals surface area contributed by atoms with Crippen molar-refractivity contribution in [1.29, 1.82) is 0 Å². The molecule has 2 aromatic rings. The van der Waals surface area contributed by atoms with Gasteiger partial charge in [0.25, 0.3) is 5.91 Å². The van der Waals surface area contributed by atoms with Gasteiger partial charge in [-0.3, -0.25) is 14.7 Å². The number of hydrogen-bond acceptors (Lipinski definition) is 4. The Hall–Kier alpha value is -3.25. The fourth-order valence-corrected chi connectivity index (χ4v) is 4.93. The van der Waals surface area contributed by atoms with Gasteiger partial charge < -0.3 is 4.90 Å². The predicted octanol–water partition coefficient (Wildman–Crippen LogP) is 4.45. The van der Waals surface area contributed by atoms with Crippen LogP contribution in [0.2, 0.25) is 0 Å². The average molecular weight is 442 g/mol. The molecule has 170 valence electrons.